The average molecular weight is 315 g/mol. The highest BCUT2D eigenvalue weighted by Crippen LogP contribution is 2.25. The van der Waals surface area contributed by atoms with Gasteiger partial charge < -0.3 is 10.2 Å². The zero-order valence-electron chi connectivity index (χ0n) is 11.5. The third kappa shape index (κ3) is 3.64. The minimum Gasteiger partial charge on any atom is -0.382 e. The Hall–Kier alpha value is -1.26. The van der Waals surface area contributed by atoms with Crippen LogP contribution >= 0.6 is 23.2 Å². The summed E-state index contributed by atoms with van der Waals surface area (Å²) in [6, 6.07) is 5.22. The Bertz CT molecular complexity index is 565. The molecule has 0 unspecified atom stereocenters. The van der Waals surface area contributed by atoms with Crippen molar-refractivity contribution in [1.29, 1.82) is 0 Å². The summed E-state index contributed by atoms with van der Waals surface area (Å²) in [4.78, 5) is 17.2. The minimum atomic E-state index is -0.598. The summed E-state index contributed by atoms with van der Waals surface area (Å²) in [6.45, 7) is 5.75. The maximum absolute atomic E-state index is 12.0. The fourth-order valence-electron chi connectivity index (χ4n) is 1.81. The number of halogens is 2. The lowest BCUT2D eigenvalue weighted by Crippen LogP contribution is -2.45. The van der Waals surface area contributed by atoms with Gasteiger partial charge in [-0.2, -0.15) is 0 Å². The second-order valence-electron chi connectivity index (χ2n) is 5.70. The molecule has 0 radical (unpaired) electrons. The Labute approximate surface area is 128 Å². The van der Waals surface area contributed by atoms with Gasteiger partial charge in [-0.05, 0) is 32.9 Å². The van der Waals surface area contributed by atoms with Crippen LogP contribution in [0.15, 0.2) is 23.4 Å². The van der Waals surface area contributed by atoms with Crippen molar-refractivity contribution in [3.05, 3.63) is 33.8 Å². The molecular formula is C14H16Cl2N2O2. The maximum atomic E-state index is 12.0. The first-order valence-corrected chi connectivity index (χ1v) is 7.02. The molecule has 1 aliphatic heterocycles. The quantitative estimate of drug-likeness (QED) is 0.909. The lowest BCUT2D eigenvalue weighted by molar-refractivity contribution is -0.132. The molecule has 20 heavy (non-hydrogen) atoms. The molecule has 1 amide bonds. The van der Waals surface area contributed by atoms with Crippen LogP contribution in [0, 0.1) is 0 Å². The van der Waals surface area contributed by atoms with Crippen LogP contribution in [-0.4, -0.2) is 23.3 Å². The van der Waals surface area contributed by atoms with Crippen molar-refractivity contribution >= 4 is 34.8 Å². The molecule has 108 valence electrons. The molecule has 1 N–H and O–H groups in total. The molecule has 1 atom stereocenters. The molecule has 0 fully saturated rings. The van der Waals surface area contributed by atoms with E-state index in [-0.39, 0.29) is 11.4 Å². The Morgan fingerprint density at radius 3 is 2.65 bits per heavy atom. The zero-order valence-corrected chi connectivity index (χ0v) is 13.0. The van der Waals surface area contributed by atoms with Crippen molar-refractivity contribution in [2.75, 3.05) is 0 Å². The van der Waals surface area contributed by atoms with Gasteiger partial charge in [-0.1, -0.05) is 34.4 Å². The van der Waals surface area contributed by atoms with E-state index in [1.165, 1.54) is 0 Å². The van der Waals surface area contributed by atoms with Crippen LogP contribution in [0.2, 0.25) is 10.0 Å². The maximum Gasteiger partial charge on any atom is 0.264 e. The molecule has 1 aliphatic rings. The topological polar surface area (TPSA) is 50.7 Å². The monoisotopic (exact) mass is 314 g/mol. The van der Waals surface area contributed by atoms with Crippen molar-refractivity contribution in [3.63, 3.8) is 0 Å². The van der Waals surface area contributed by atoms with Crippen molar-refractivity contribution in [3.8, 4) is 0 Å². The molecule has 0 aromatic heterocycles. The van der Waals surface area contributed by atoms with Crippen molar-refractivity contribution in [2.45, 2.75) is 38.8 Å². The molecule has 0 saturated heterocycles. The van der Waals surface area contributed by atoms with Crippen LogP contribution in [0.5, 0.6) is 0 Å². The van der Waals surface area contributed by atoms with Gasteiger partial charge in [-0.15, -0.1) is 0 Å². The molecule has 6 heteroatoms. The summed E-state index contributed by atoms with van der Waals surface area (Å²) in [5, 5.41) is 7.77. The Morgan fingerprint density at radius 2 is 2.05 bits per heavy atom. The van der Waals surface area contributed by atoms with Crippen molar-refractivity contribution in [2.24, 2.45) is 5.16 Å². The Kier molecular flexibility index (Phi) is 4.25. The summed E-state index contributed by atoms with van der Waals surface area (Å²) in [5.41, 5.74) is 1.20. The number of hydrogen-bond donors (Lipinski definition) is 1. The summed E-state index contributed by atoms with van der Waals surface area (Å²) < 4.78 is 0. The first kappa shape index (κ1) is 15.1. The molecular weight excluding hydrogens is 299 g/mol. The van der Waals surface area contributed by atoms with Gasteiger partial charge in [0.2, 0.25) is 6.10 Å². The highest BCUT2D eigenvalue weighted by atomic mass is 35.5. The molecule has 1 aromatic carbocycles. The molecule has 0 saturated carbocycles. The van der Waals surface area contributed by atoms with E-state index in [0.717, 1.165) is 5.56 Å². The lowest BCUT2D eigenvalue weighted by Gasteiger charge is -2.22. The zero-order chi connectivity index (χ0) is 14.9. The molecule has 4 nitrogen and oxygen atoms in total. The second-order valence-corrected chi connectivity index (χ2v) is 6.52. The van der Waals surface area contributed by atoms with E-state index >= 15 is 0 Å². The van der Waals surface area contributed by atoms with Gasteiger partial charge in [0.25, 0.3) is 5.91 Å². The largest absolute Gasteiger partial charge is 0.382 e. The first-order chi connectivity index (χ1) is 9.26. The van der Waals surface area contributed by atoms with Crippen LogP contribution in [0.4, 0.5) is 0 Å². The van der Waals surface area contributed by atoms with Crippen LogP contribution < -0.4 is 5.32 Å². The van der Waals surface area contributed by atoms with E-state index < -0.39 is 6.10 Å². The highest BCUT2D eigenvalue weighted by Gasteiger charge is 2.31. The second kappa shape index (κ2) is 5.62. The summed E-state index contributed by atoms with van der Waals surface area (Å²) in [6.07, 6.45) is -0.182. The normalized spacial score (nSPS) is 18.4. The predicted octanol–water partition coefficient (Wildman–Crippen LogP) is 3.40. The van der Waals surface area contributed by atoms with Gasteiger partial charge in [0.15, 0.2) is 0 Å². The Morgan fingerprint density at radius 1 is 1.35 bits per heavy atom. The van der Waals surface area contributed by atoms with Gasteiger partial charge in [0, 0.05) is 17.5 Å². The number of benzene rings is 1. The Balaban J connectivity index is 2.04. The van der Waals surface area contributed by atoms with Crippen LogP contribution in [0.1, 0.15) is 32.8 Å². The highest BCUT2D eigenvalue weighted by molar-refractivity contribution is 6.42. The number of nitrogens with one attached hydrogen (secondary N) is 1. The average Bonchev–Trinajstić information content (AvgIpc) is 2.80. The minimum absolute atomic E-state index is 0.170. The molecule has 1 aromatic rings. The predicted molar refractivity (Wildman–Crippen MR) is 80.4 cm³/mol. The van der Waals surface area contributed by atoms with Gasteiger partial charge in [0.1, 0.15) is 0 Å². The van der Waals surface area contributed by atoms with E-state index in [1.54, 1.807) is 18.2 Å². The SMILES string of the molecule is CC(C)(C)NC(=O)[C@H]1CC(c2ccc(Cl)c(Cl)c2)=NO1. The standard InChI is InChI=1S/C14H16Cl2N2O2/c1-14(2,3)17-13(19)12-7-11(18-20-12)8-4-5-9(15)10(16)6-8/h4-6,12H,7H2,1-3H3,(H,17,19)/t12-/m1/s1. The number of carbonyl (C=O) groups excluding carboxylic acids is 1. The van der Waals surface area contributed by atoms with Crippen LogP contribution in [0.3, 0.4) is 0 Å². The van der Waals surface area contributed by atoms with E-state index in [0.29, 0.717) is 22.2 Å². The van der Waals surface area contributed by atoms with E-state index in [4.69, 9.17) is 28.0 Å². The number of oxime groups is 1. The fraction of sp³-hybridized carbons (Fsp3) is 0.429. The number of hydrogen-bond acceptors (Lipinski definition) is 3. The number of nitrogens with zero attached hydrogens (tertiary/aromatic N) is 1. The van der Waals surface area contributed by atoms with Crippen molar-refractivity contribution in [1.82, 2.24) is 5.32 Å². The van der Waals surface area contributed by atoms with Crippen LogP contribution in [0.25, 0.3) is 0 Å². The third-order valence-corrected chi connectivity index (χ3v) is 3.45. The molecule has 0 spiro atoms. The molecule has 2 rings (SSSR count). The van der Waals surface area contributed by atoms with E-state index in [1.807, 2.05) is 20.8 Å². The van der Waals surface area contributed by atoms with Crippen LogP contribution in [-0.2, 0) is 9.63 Å². The fourth-order valence-corrected chi connectivity index (χ4v) is 2.11. The number of amides is 1. The summed E-state index contributed by atoms with van der Waals surface area (Å²) in [7, 11) is 0. The summed E-state index contributed by atoms with van der Waals surface area (Å²) >= 11 is 11.8. The van der Waals surface area contributed by atoms with Gasteiger partial charge in [-0.3, -0.25) is 4.79 Å². The third-order valence-electron chi connectivity index (χ3n) is 2.71. The molecule has 1 heterocycles. The van der Waals surface area contributed by atoms with Crippen molar-refractivity contribution < 1.29 is 9.63 Å². The molecule has 0 aliphatic carbocycles. The number of carbonyl (C=O) groups is 1. The smallest absolute Gasteiger partial charge is 0.264 e. The van der Waals surface area contributed by atoms with E-state index in [9.17, 15) is 4.79 Å². The van der Waals surface area contributed by atoms with E-state index in [2.05, 4.69) is 10.5 Å². The van der Waals surface area contributed by atoms with Gasteiger partial charge in [0.05, 0.1) is 15.8 Å². The number of rotatable bonds is 2. The molecule has 0 bridgehead atoms. The summed E-state index contributed by atoms with van der Waals surface area (Å²) in [5.74, 6) is -0.170. The lowest BCUT2D eigenvalue weighted by atomic mass is 10.0. The first-order valence-electron chi connectivity index (χ1n) is 6.26. The van der Waals surface area contributed by atoms with Gasteiger partial charge in [-0.25, -0.2) is 0 Å². The van der Waals surface area contributed by atoms with Gasteiger partial charge >= 0.3 is 0 Å².